The topological polar surface area (TPSA) is 256 Å². The number of ether oxygens (including phenoxy) is 3. The Balaban J connectivity index is 0.000000216. The van der Waals surface area contributed by atoms with E-state index in [-0.39, 0.29) is 92.3 Å². The van der Waals surface area contributed by atoms with Gasteiger partial charge in [0.15, 0.2) is 0 Å². The van der Waals surface area contributed by atoms with Crippen molar-refractivity contribution in [1.82, 2.24) is 39.1 Å². The number of carbonyl (C=O) groups excluding carboxylic acids is 7. The summed E-state index contributed by atoms with van der Waals surface area (Å²) in [5.41, 5.74) is 22.0. The van der Waals surface area contributed by atoms with Crippen molar-refractivity contribution in [3.8, 4) is 93.1 Å². The van der Waals surface area contributed by atoms with Gasteiger partial charge in [-0.15, -0.1) is 30.4 Å². The molecule has 4 heterocycles. The first-order chi connectivity index (χ1) is 62.9. The van der Waals surface area contributed by atoms with E-state index in [1.807, 2.05) is 100 Å². The smallest absolute Gasteiger partial charge is 0.337 e. The molecule has 681 valence electrons. The Morgan fingerprint density at radius 2 is 0.596 bits per heavy atom. The number of methoxy groups -OCH3 is 3. The first-order valence-electron chi connectivity index (χ1n) is 40.7. The molecular weight excluding hydrogens is 2010 g/mol. The van der Waals surface area contributed by atoms with Crippen LogP contribution < -0.4 is 0 Å². The van der Waals surface area contributed by atoms with Gasteiger partial charge in [0, 0.05) is 121 Å². The number of halogens is 5. The van der Waals surface area contributed by atoms with Crippen LogP contribution in [-0.2, 0) is 69.9 Å². The number of benzene rings is 12. The quantitative estimate of drug-likeness (QED) is 0.0516. The molecule has 0 saturated heterocycles. The van der Waals surface area contributed by atoms with Gasteiger partial charge in [-0.1, -0.05) is 224 Å². The van der Waals surface area contributed by atoms with Crippen molar-refractivity contribution < 1.29 is 113 Å². The predicted molar refractivity (Wildman–Crippen MR) is 538 cm³/mol. The SMILES string of the molecule is C.C#C[Si](C)(C)C.C#Cc1ccc2c(-c3ccc(C(=O)O)cc3)nn(C(=O)c3c(C)cccc3Cl)c2c1.C#Cc1ccc2c(-c3ccc(C(=O)OC)cc3)nn(C(=O)c3c(C)cccc3Cl)c2c1.COC(=O)c1ccc(-c2nn(C(=O)c3c(C)cccc3Cl)c3cc(Br)ccc23)cc1.COC(=O)c1ccc(-c2nn(C(=O)c3c(C)cccc3Cl)c3cc(C#C[Si](C)(C)C)ccc23)cc1.[V].[V].[V]. The van der Waals surface area contributed by atoms with Crippen LogP contribution in [0.3, 0.4) is 0 Å². The maximum atomic E-state index is 13.7. The molecule has 0 aliphatic rings. The van der Waals surface area contributed by atoms with Crippen molar-refractivity contribution in [2.24, 2.45) is 0 Å². The number of fused-ring (bicyclic) bond motifs is 4. The average Bonchev–Trinajstić information content (AvgIpc) is 1.62. The van der Waals surface area contributed by atoms with Crippen LogP contribution in [0.2, 0.25) is 59.4 Å². The van der Waals surface area contributed by atoms with Crippen LogP contribution >= 0.6 is 62.3 Å². The zero-order valence-corrected chi connectivity index (χ0v) is 85.9. The Morgan fingerprint density at radius 1 is 0.353 bits per heavy atom. The number of aromatic nitrogens is 8. The van der Waals surface area contributed by atoms with E-state index < -0.39 is 40.0 Å². The fourth-order valence-electron chi connectivity index (χ4n) is 13.9. The van der Waals surface area contributed by atoms with Gasteiger partial charge in [0.25, 0.3) is 23.6 Å². The molecule has 1 N–H and O–H groups in total. The van der Waals surface area contributed by atoms with Gasteiger partial charge in [0.2, 0.25) is 0 Å². The van der Waals surface area contributed by atoms with Crippen molar-refractivity contribution in [2.45, 2.75) is 74.4 Å². The molecule has 0 aliphatic heterocycles. The summed E-state index contributed by atoms with van der Waals surface area (Å²) >= 11 is 28.8. The van der Waals surface area contributed by atoms with E-state index in [1.165, 1.54) is 52.2 Å². The number of carbonyl (C=O) groups is 8. The third-order valence-corrected chi connectivity index (χ3v) is 24.2. The minimum absolute atomic E-state index is 0. The van der Waals surface area contributed by atoms with Crippen LogP contribution in [0.4, 0.5) is 0 Å². The van der Waals surface area contributed by atoms with Crippen molar-refractivity contribution in [2.75, 3.05) is 21.3 Å². The first-order valence-corrected chi connectivity index (χ1v) is 50.0. The second kappa shape index (κ2) is 47.1. The second-order valence-electron chi connectivity index (χ2n) is 32.1. The van der Waals surface area contributed by atoms with Crippen LogP contribution in [0, 0.1) is 75.8 Å². The minimum Gasteiger partial charge on any atom is -0.478 e. The number of aromatic carboxylic acids is 1. The zero-order chi connectivity index (χ0) is 95.5. The summed E-state index contributed by atoms with van der Waals surface area (Å²) < 4.78 is 20.5. The maximum Gasteiger partial charge on any atom is 0.337 e. The molecule has 136 heavy (non-hydrogen) atoms. The molecule has 0 amide bonds. The Bertz CT molecular complexity index is 7460. The molecule has 4 aromatic heterocycles. The first kappa shape index (κ1) is 108. The van der Waals surface area contributed by atoms with Gasteiger partial charge in [-0.25, -0.2) is 19.2 Å². The summed E-state index contributed by atoms with van der Waals surface area (Å²) in [5, 5.41) is 32.2. The van der Waals surface area contributed by atoms with Gasteiger partial charge >= 0.3 is 23.9 Å². The number of esters is 3. The van der Waals surface area contributed by atoms with Crippen LogP contribution in [0.15, 0.2) is 247 Å². The summed E-state index contributed by atoms with van der Waals surface area (Å²) in [4.78, 5) is 100. The number of hydrogen-bond acceptors (Lipinski definition) is 15. The molecule has 16 aromatic rings. The van der Waals surface area contributed by atoms with Crippen LogP contribution in [0.1, 0.15) is 129 Å². The summed E-state index contributed by atoms with van der Waals surface area (Å²) in [5.74, 6) is 4.82. The van der Waals surface area contributed by atoms with Gasteiger partial charge in [-0.2, -0.15) is 39.1 Å². The summed E-state index contributed by atoms with van der Waals surface area (Å²) in [7, 11) is 1.33. The molecule has 0 bridgehead atoms. The third-order valence-electron chi connectivity index (χ3n) is 20.7. The van der Waals surface area contributed by atoms with E-state index in [0.29, 0.717) is 121 Å². The van der Waals surface area contributed by atoms with Gasteiger partial charge in [-0.05, 0) is 196 Å². The summed E-state index contributed by atoms with van der Waals surface area (Å²) in [6.45, 7) is 20.3. The van der Waals surface area contributed by atoms with E-state index in [4.69, 9.17) is 90.1 Å². The van der Waals surface area contributed by atoms with Crippen LogP contribution in [0.5, 0.6) is 0 Å². The zero-order valence-electron chi connectivity index (χ0n) is 75.1. The van der Waals surface area contributed by atoms with E-state index in [2.05, 4.69) is 99.4 Å². The Labute approximate surface area is 853 Å². The van der Waals surface area contributed by atoms with E-state index in [1.54, 1.807) is 158 Å². The fraction of sp³-hybridized carbons (Fsp3) is 0.132. The molecule has 3 radical (unpaired) electrons. The molecule has 12 aromatic carbocycles. The summed E-state index contributed by atoms with van der Waals surface area (Å²) in [6.07, 6.45) is 16.2. The number of carboxylic acid groups (broad SMARTS) is 1. The molecule has 0 atom stereocenters. The molecular formula is C106H87BrCl4N8O12Si2V3. The number of nitrogens with zero attached hydrogens (tertiary/aromatic N) is 8. The number of carboxylic acids is 1. The van der Waals surface area contributed by atoms with E-state index >= 15 is 0 Å². The Hall–Kier alpha value is -12.9. The number of rotatable bonds is 12. The molecule has 0 aliphatic carbocycles. The van der Waals surface area contributed by atoms with Crippen LogP contribution in [0.25, 0.3) is 88.6 Å². The molecule has 16 rings (SSSR count). The minimum atomic E-state index is -1.58. The largest absolute Gasteiger partial charge is 0.478 e. The van der Waals surface area contributed by atoms with Crippen molar-refractivity contribution in [1.29, 1.82) is 0 Å². The Morgan fingerprint density at radius 3 is 0.831 bits per heavy atom. The Kier molecular flexibility index (Phi) is 37.5. The normalized spacial score (nSPS) is 10.5. The number of aryl methyl sites for hydroxylation is 4. The summed E-state index contributed by atoms with van der Waals surface area (Å²) in [6, 6.07) is 70.4. The van der Waals surface area contributed by atoms with Gasteiger partial charge in [0.05, 0.1) is 108 Å². The second-order valence-corrected chi connectivity index (χ2v) is 44.2. The van der Waals surface area contributed by atoms with Crippen molar-refractivity contribution in [3.63, 3.8) is 0 Å². The maximum absolute atomic E-state index is 13.7. The van der Waals surface area contributed by atoms with Gasteiger partial charge in [-0.3, -0.25) is 19.2 Å². The van der Waals surface area contributed by atoms with Gasteiger partial charge < -0.3 is 19.3 Å². The van der Waals surface area contributed by atoms with Gasteiger partial charge in [0.1, 0.15) is 38.9 Å². The van der Waals surface area contributed by atoms with E-state index in [0.717, 1.165) is 70.5 Å². The monoisotopic (exact) mass is 2090 g/mol. The number of terminal acetylenes is 3. The molecule has 0 fully saturated rings. The predicted octanol–water partition coefficient (Wildman–Crippen LogP) is 24.6. The number of hydrogen-bond donors (Lipinski definition) is 1. The van der Waals surface area contributed by atoms with E-state index in [9.17, 15) is 38.4 Å². The molecule has 0 saturated carbocycles. The third kappa shape index (κ3) is 24.7. The molecule has 0 spiro atoms. The van der Waals surface area contributed by atoms with Crippen molar-refractivity contribution in [3.05, 3.63) is 351 Å². The van der Waals surface area contributed by atoms with Crippen molar-refractivity contribution >= 4 is 170 Å². The molecule has 0 unspecified atom stereocenters. The standard InChI is InChI=1S/C28H25ClN2O3Si.C25H17ClN2O3.C24H15ClN2O3.C23H16BrClN2O3.C5H10Si.CH4.3V/c1-18-7-6-8-23(29)25(18)27(32)31-24-17-19(15-16-35(3,4)5)9-14-22(24)26(30-31)20-10-12-21(13-11-20)28(33)34-2;1-4-16-8-13-19-21(14-16)28(24(29)22-15(2)6-5-7-20(22)26)27-23(19)17-9-11-18(12-10-17)25(30)31-3;1-3-15-7-12-18-20(13-15)27(23(28)21-14(2)5-4-6-19(21)25)26-22(18)16-8-10-17(11-9-16)24(29)30;1-13-4-3-5-18(25)20(13)22(28)27-19-12-16(24)10-11-17(19)21(26-27)14-6-8-15(9-7-14)23(29)30-2;1-5-6(2,3)4;;;;/h6-14,17H,1-5H3;1,5-14H,2-3H3;1,4-13H,2H3,(H,29,30);3-12H,1-2H3;1H,2-4H3;1H4;;;. The fourth-order valence-corrected chi connectivity index (χ4v) is 16.0. The average molecular weight is 2100 g/mol. The van der Waals surface area contributed by atoms with Crippen LogP contribution in [-0.4, -0.2) is 129 Å². The molecule has 30 heteroatoms. The molecule has 20 nitrogen and oxygen atoms in total.